The summed E-state index contributed by atoms with van der Waals surface area (Å²) in [5.41, 5.74) is -0.202. The Morgan fingerprint density at radius 3 is 2.83 bits per heavy atom. The van der Waals surface area contributed by atoms with Gasteiger partial charge in [0.15, 0.2) is 0 Å². The third-order valence-corrected chi connectivity index (χ3v) is 3.32. The molecule has 1 N–H and O–H groups in total. The highest BCUT2D eigenvalue weighted by atomic mass is 32.2. The van der Waals surface area contributed by atoms with E-state index in [-0.39, 0.29) is 18.1 Å². The van der Waals surface area contributed by atoms with Crippen molar-refractivity contribution in [3.63, 3.8) is 0 Å². The third-order valence-electron chi connectivity index (χ3n) is 1.38. The van der Waals surface area contributed by atoms with Crippen molar-refractivity contribution in [2.24, 2.45) is 0 Å². The molecule has 1 rings (SSSR count). The van der Waals surface area contributed by atoms with Crippen LogP contribution in [0.4, 0.5) is 4.39 Å². The van der Waals surface area contributed by atoms with Gasteiger partial charge in [-0.3, -0.25) is 10.1 Å². The van der Waals surface area contributed by atoms with E-state index in [1.54, 1.807) is 0 Å². The first-order valence-electron chi connectivity index (χ1n) is 3.26. The molecule has 1 aliphatic rings. The number of nitro groups is 1. The Morgan fingerprint density at radius 1 is 1.75 bits per heavy atom. The van der Waals surface area contributed by atoms with Gasteiger partial charge in [-0.05, 0) is 0 Å². The number of rotatable bonds is 3. The number of halogens is 1. The quantitative estimate of drug-likeness (QED) is 0.398. The topological polar surface area (TPSA) is 63.4 Å². The molecule has 0 aromatic carbocycles. The maximum atomic E-state index is 12.8. The monoisotopic (exact) mass is 193 g/mol. The summed E-state index contributed by atoms with van der Waals surface area (Å²) in [5, 5.41) is 19.5. The van der Waals surface area contributed by atoms with Crippen molar-refractivity contribution in [2.45, 2.75) is 0 Å². The fraction of sp³-hybridized carbons (Fsp3) is 0.333. The molecule has 0 saturated carbocycles. The molecule has 0 spiro atoms. The molecule has 0 bridgehead atoms. The molecule has 0 saturated heterocycles. The molecule has 68 valence electrons. The fourth-order valence-corrected chi connectivity index (χ4v) is 2.31. The average Bonchev–Trinajstić information content (AvgIpc) is 2.34. The van der Waals surface area contributed by atoms with E-state index in [4.69, 9.17) is 5.11 Å². The fourth-order valence-electron chi connectivity index (χ4n) is 0.842. The van der Waals surface area contributed by atoms with Crippen LogP contribution in [0.25, 0.3) is 0 Å². The van der Waals surface area contributed by atoms with Gasteiger partial charge in [0.1, 0.15) is 5.16 Å². The predicted octanol–water partition coefficient (Wildman–Crippen LogP) is 0.922. The number of hydrogen-bond acceptors (Lipinski definition) is 3. The Labute approximate surface area is 70.9 Å². The van der Waals surface area contributed by atoms with Gasteiger partial charge < -0.3 is 5.11 Å². The molecular weight excluding hydrogens is 185 g/mol. The number of nitrogens with zero attached hydrogens (tertiary/aromatic N) is 1. The molecule has 0 aromatic heterocycles. The Bertz CT molecular complexity index is 264. The van der Waals surface area contributed by atoms with E-state index < -0.39 is 21.0 Å². The van der Waals surface area contributed by atoms with Gasteiger partial charge in [0.2, 0.25) is 0 Å². The molecule has 12 heavy (non-hydrogen) atoms. The minimum atomic E-state index is -1.24. The lowest BCUT2D eigenvalue weighted by molar-refractivity contribution is -0.418. The van der Waals surface area contributed by atoms with Gasteiger partial charge in [-0.25, -0.2) is 4.39 Å². The van der Waals surface area contributed by atoms with E-state index in [0.717, 1.165) is 6.08 Å². The zero-order valence-electron chi connectivity index (χ0n) is 6.11. The minimum Gasteiger partial charge on any atom is -0.396 e. The standard InChI is InChI=1S/C6H8FNO3S/c7-6-3-5(8(10)11)4-12(6)2-1-9/h3-4,9,12H,1-2H2. The number of thiol groups is 1. The Kier molecular flexibility index (Phi) is 2.83. The van der Waals surface area contributed by atoms with Crippen molar-refractivity contribution in [3.8, 4) is 0 Å². The second kappa shape index (κ2) is 3.68. The normalized spacial score (nSPS) is 25.0. The maximum absolute atomic E-state index is 12.8. The summed E-state index contributed by atoms with van der Waals surface area (Å²) in [4.78, 5) is 9.55. The smallest absolute Gasteiger partial charge is 0.277 e. The van der Waals surface area contributed by atoms with Gasteiger partial charge in [-0.2, -0.15) is 10.9 Å². The summed E-state index contributed by atoms with van der Waals surface area (Å²) >= 11 is 0. The SMILES string of the molecule is O=[N+]([O-])C1=C[SH](CCO)C(F)=C1. The van der Waals surface area contributed by atoms with Gasteiger partial charge in [-0.15, -0.1) is 0 Å². The lowest BCUT2D eigenvalue weighted by Gasteiger charge is -2.06. The van der Waals surface area contributed by atoms with Crippen molar-refractivity contribution in [1.82, 2.24) is 0 Å². The molecule has 1 heterocycles. The third kappa shape index (κ3) is 1.83. The van der Waals surface area contributed by atoms with Gasteiger partial charge in [0, 0.05) is 11.2 Å². The van der Waals surface area contributed by atoms with E-state index in [9.17, 15) is 14.5 Å². The van der Waals surface area contributed by atoms with Crippen LogP contribution in [0.1, 0.15) is 0 Å². The van der Waals surface area contributed by atoms with Crippen molar-refractivity contribution < 1.29 is 14.4 Å². The van der Waals surface area contributed by atoms with Crippen LogP contribution in [0, 0.1) is 10.1 Å². The average molecular weight is 193 g/mol. The highest BCUT2D eigenvalue weighted by Gasteiger charge is 2.22. The van der Waals surface area contributed by atoms with Crippen LogP contribution in [-0.4, -0.2) is 22.4 Å². The highest BCUT2D eigenvalue weighted by molar-refractivity contribution is 8.23. The molecule has 0 aliphatic carbocycles. The zero-order valence-corrected chi connectivity index (χ0v) is 7.00. The molecule has 0 aromatic rings. The van der Waals surface area contributed by atoms with Gasteiger partial charge >= 0.3 is 0 Å². The van der Waals surface area contributed by atoms with Crippen LogP contribution in [0.3, 0.4) is 0 Å². The molecule has 6 heteroatoms. The van der Waals surface area contributed by atoms with Crippen LogP contribution in [0.15, 0.2) is 22.3 Å². The predicted molar refractivity (Wildman–Crippen MR) is 45.2 cm³/mol. The number of hydrogen-bond donors (Lipinski definition) is 2. The van der Waals surface area contributed by atoms with Crippen molar-refractivity contribution in [1.29, 1.82) is 0 Å². The Morgan fingerprint density at radius 2 is 2.42 bits per heavy atom. The molecule has 1 unspecified atom stereocenters. The van der Waals surface area contributed by atoms with E-state index in [1.165, 1.54) is 5.41 Å². The Balaban J connectivity index is 2.72. The molecule has 0 radical (unpaired) electrons. The van der Waals surface area contributed by atoms with Crippen LogP contribution >= 0.6 is 10.9 Å². The first kappa shape index (κ1) is 9.21. The van der Waals surface area contributed by atoms with E-state index in [2.05, 4.69) is 0 Å². The van der Waals surface area contributed by atoms with Crippen LogP contribution < -0.4 is 0 Å². The lowest BCUT2D eigenvalue weighted by Crippen LogP contribution is -1.92. The first-order chi connectivity index (χ1) is 5.65. The van der Waals surface area contributed by atoms with Crippen molar-refractivity contribution in [3.05, 3.63) is 32.5 Å². The zero-order chi connectivity index (χ0) is 9.14. The molecule has 0 amide bonds. The van der Waals surface area contributed by atoms with Gasteiger partial charge in [-0.1, -0.05) is 0 Å². The minimum absolute atomic E-state index is 0.144. The van der Waals surface area contributed by atoms with Crippen LogP contribution in [0.2, 0.25) is 0 Å². The van der Waals surface area contributed by atoms with E-state index >= 15 is 0 Å². The molecular formula is C6H8FNO3S. The molecule has 1 aliphatic heterocycles. The second-order valence-electron chi connectivity index (χ2n) is 2.20. The summed E-state index contributed by atoms with van der Waals surface area (Å²) in [6.45, 7) is -0.144. The summed E-state index contributed by atoms with van der Waals surface area (Å²) in [7, 11) is -1.24. The number of allylic oxidation sites excluding steroid dienone is 1. The van der Waals surface area contributed by atoms with Gasteiger partial charge in [0.05, 0.1) is 17.6 Å². The molecule has 1 atom stereocenters. The second-order valence-corrected chi connectivity index (χ2v) is 4.27. The van der Waals surface area contributed by atoms with E-state index in [0.29, 0.717) is 0 Å². The lowest BCUT2D eigenvalue weighted by atomic mass is 10.5. The maximum Gasteiger partial charge on any atom is 0.277 e. The van der Waals surface area contributed by atoms with Crippen molar-refractivity contribution >= 4 is 10.9 Å². The largest absolute Gasteiger partial charge is 0.396 e. The summed E-state index contributed by atoms with van der Waals surface area (Å²) in [5.74, 6) is 0.259. The molecule has 0 fully saturated rings. The van der Waals surface area contributed by atoms with Gasteiger partial charge in [0.25, 0.3) is 5.70 Å². The molecule has 4 nitrogen and oxygen atoms in total. The number of aliphatic hydroxyl groups is 1. The number of aliphatic hydroxyl groups excluding tert-OH is 1. The highest BCUT2D eigenvalue weighted by Crippen LogP contribution is 2.43. The summed E-state index contributed by atoms with van der Waals surface area (Å²) in [6.07, 6.45) is 0.918. The summed E-state index contributed by atoms with van der Waals surface area (Å²) < 4.78 is 12.8. The van der Waals surface area contributed by atoms with Crippen molar-refractivity contribution in [2.75, 3.05) is 12.4 Å². The Hall–Kier alpha value is -0.880. The first-order valence-corrected chi connectivity index (χ1v) is 4.85. The van der Waals surface area contributed by atoms with E-state index in [1.807, 2.05) is 0 Å². The summed E-state index contributed by atoms with van der Waals surface area (Å²) in [6, 6.07) is 0. The van der Waals surface area contributed by atoms with Crippen LogP contribution in [0.5, 0.6) is 0 Å². The van der Waals surface area contributed by atoms with Crippen LogP contribution in [-0.2, 0) is 0 Å².